The van der Waals surface area contributed by atoms with Crippen LogP contribution in [0.1, 0.15) is 22.8 Å². The van der Waals surface area contributed by atoms with Crippen LogP contribution >= 0.6 is 0 Å². The highest BCUT2D eigenvalue weighted by Gasteiger charge is 2.11. The second-order valence-electron chi connectivity index (χ2n) is 4.71. The second kappa shape index (κ2) is 6.79. The van der Waals surface area contributed by atoms with Crippen molar-refractivity contribution in [3.63, 3.8) is 0 Å². The summed E-state index contributed by atoms with van der Waals surface area (Å²) in [5.74, 6) is 0.507. The van der Waals surface area contributed by atoms with E-state index in [2.05, 4.69) is 10.6 Å². The Kier molecular flexibility index (Phi) is 4.82. The molecule has 2 N–H and O–H groups in total. The van der Waals surface area contributed by atoms with Gasteiger partial charge in [0.15, 0.2) is 0 Å². The summed E-state index contributed by atoms with van der Waals surface area (Å²) in [7, 11) is 1.58. The average molecular weight is 284 g/mol. The number of benzene rings is 2. The number of hydrogen-bond donors (Lipinski definition) is 2. The number of anilines is 2. The van der Waals surface area contributed by atoms with Gasteiger partial charge in [0.2, 0.25) is 0 Å². The van der Waals surface area contributed by atoms with E-state index in [-0.39, 0.29) is 5.91 Å². The number of amides is 1. The zero-order chi connectivity index (χ0) is 15.2. The minimum atomic E-state index is -0.139. The summed E-state index contributed by atoms with van der Waals surface area (Å²) < 4.78 is 5.24. The summed E-state index contributed by atoms with van der Waals surface area (Å²) in [6.45, 7) is 4.82. The molecule has 0 spiro atoms. The molecule has 2 rings (SSSR count). The largest absolute Gasteiger partial charge is 0.495 e. The van der Waals surface area contributed by atoms with Crippen molar-refractivity contribution in [2.45, 2.75) is 13.8 Å². The summed E-state index contributed by atoms with van der Waals surface area (Å²) in [6, 6.07) is 13.1. The maximum absolute atomic E-state index is 12.4. The van der Waals surface area contributed by atoms with Crippen LogP contribution in [0.4, 0.5) is 11.4 Å². The summed E-state index contributed by atoms with van der Waals surface area (Å²) in [6.07, 6.45) is 0. The summed E-state index contributed by atoms with van der Waals surface area (Å²) in [4.78, 5) is 12.4. The molecule has 4 nitrogen and oxygen atoms in total. The van der Waals surface area contributed by atoms with Crippen LogP contribution in [0, 0.1) is 6.92 Å². The van der Waals surface area contributed by atoms with Crippen molar-refractivity contribution < 1.29 is 9.53 Å². The van der Waals surface area contributed by atoms with Gasteiger partial charge in [-0.25, -0.2) is 0 Å². The van der Waals surface area contributed by atoms with Crippen molar-refractivity contribution in [1.82, 2.24) is 0 Å². The van der Waals surface area contributed by atoms with Gasteiger partial charge in [0.1, 0.15) is 5.75 Å². The van der Waals surface area contributed by atoms with Crippen molar-refractivity contribution in [2.75, 3.05) is 24.3 Å². The Balaban J connectivity index is 2.20. The molecule has 0 unspecified atom stereocenters. The van der Waals surface area contributed by atoms with Gasteiger partial charge in [0, 0.05) is 17.8 Å². The summed E-state index contributed by atoms with van der Waals surface area (Å²) in [5, 5.41) is 6.12. The molecular weight excluding hydrogens is 264 g/mol. The van der Waals surface area contributed by atoms with Gasteiger partial charge >= 0.3 is 0 Å². The maximum atomic E-state index is 12.4. The van der Waals surface area contributed by atoms with Crippen LogP contribution in [0.15, 0.2) is 42.5 Å². The molecule has 0 aliphatic rings. The first-order chi connectivity index (χ1) is 10.2. The first-order valence-electron chi connectivity index (χ1n) is 6.94. The van der Waals surface area contributed by atoms with Crippen LogP contribution in [0.25, 0.3) is 0 Å². The van der Waals surface area contributed by atoms with Crippen LogP contribution in [0.2, 0.25) is 0 Å². The molecule has 2 aromatic rings. The fourth-order valence-electron chi connectivity index (χ4n) is 2.17. The lowest BCUT2D eigenvalue weighted by Gasteiger charge is -2.12. The van der Waals surface area contributed by atoms with E-state index in [4.69, 9.17) is 4.74 Å². The topological polar surface area (TPSA) is 50.4 Å². The van der Waals surface area contributed by atoms with Crippen LogP contribution in [0.5, 0.6) is 5.75 Å². The molecule has 0 radical (unpaired) electrons. The summed E-state index contributed by atoms with van der Waals surface area (Å²) >= 11 is 0. The number of ether oxygens (including phenoxy) is 1. The van der Waals surface area contributed by atoms with Crippen LogP contribution in [-0.4, -0.2) is 19.6 Å². The SMILES string of the molecule is CCNc1ccc(C(=O)Nc2ccccc2OC)c(C)c1. The van der Waals surface area contributed by atoms with Gasteiger partial charge in [0.05, 0.1) is 12.8 Å². The molecule has 2 aromatic carbocycles. The van der Waals surface area contributed by atoms with Gasteiger partial charge in [-0.05, 0) is 49.7 Å². The molecule has 0 heterocycles. The molecule has 0 saturated carbocycles. The lowest BCUT2D eigenvalue weighted by molar-refractivity contribution is 0.102. The molecule has 0 aliphatic carbocycles. The van der Waals surface area contributed by atoms with Crippen molar-refractivity contribution in [2.24, 2.45) is 0 Å². The van der Waals surface area contributed by atoms with Crippen molar-refractivity contribution in [3.8, 4) is 5.75 Å². The number of rotatable bonds is 5. The molecule has 0 aliphatic heterocycles. The third-order valence-electron chi connectivity index (χ3n) is 3.21. The van der Waals surface area contributed by atoms with E-state index >= 15 is 0 Å². The van der Waals surface area contributed by atoms with E-state index < -0.39 is 0 Å². The van der Waals surface area contributed by atoms with Gasteiger partial charge in [-0.1, -0.05) is 12.1 Å². The van der Waals surface area contributed by atoms with Gasteiger partial charge in [-0.3, -0.25) is 4.79 Å². The predicted molar refractivity (Wildman–Crippen MR) is 86.3 cm³/mol. The molecule has 0 saturated heterocycles. The average Bonchev–Trinajstić information content (AvgIpc) is 2.48. The zero-order valence-corrected chi connectivity index (χ0v) is 12.6. The predicted octanol–water partition coefficient (Wildman–Crippen LogP) is 3.69. The maximum Gasteiger partial charge on any atom is 0.256 e. The van der Waals surface area contributed by atoms with Gasteiger partial charge in [0.25, 0.3) is 5.91 Å². The number of aryl methyl sites for hydroxylation is 1. The number of carbonyl (C=O) groups excluding carboxylic acids is 1. The van der Waals surface area contributed by atoms with Gasteiger partial charge in [-0.2, -0.15) is 0 Å². The minimum Gasteiger partial charge on any atom is -0.495 e. The Morgan fingerprint density at radius 1 is 1.19 bits per heavy atom. The van der Waals surface area contributed by atoms with Crippen LogP contribution in [-0.2, 0) is 0 Å². The fraction of sp³-hybridized carbons (Fsp3) is 0.235. The van der Waals surface area contributed by atoms with Gasteiger partial charge in [-0.15, -0.1) is 0 Å². The van der Waals surface area contributed by atoms with E-state index in [1.165, 1.54) is 0 Å². The van der Waals surface area contributed by atoms with E-state index in [1.807, 2.05) is 56.3 Å². The minimum absolute atomic E-state index is 0.139. The highest BCUT2D eigenvalue weighted by molar-refractivity contribution is 6.06. The van der Waals surface area contributed by atoms with Crippen LogP contribution in [0.3, 0.4) is 0 Å². The standard InChI is InChI=1S/C17H20N2O2/c1-4-18-13-9-10-14(12(2)11-13)17(20)19-15-7-5-6-8-16(15)21-3/h5-11,18H,4H2,1-3H3,(H,19,20). The molecule has 110 valence electrons. The Morgan fingerprint density at radius 2 is 1.95 bits per heavy atom. The molecule has 1 amide bonds. The molecule has 0 fully saturated rings. The Bertz CT molecular complexity index is 638. The number of hydrogen-bond acceptors (Lipinski definition) is 3. The number of carbonyl (C=O) groups is 1. The van der Waals surface area contributed by atoms with E-state index in [0.29, 0.717) is 17.0 Å². The highest BCUT2D eigenvalue weighted by atomic mass is 16.5. The lowest BCUT2D eigenvalue weighted by Crippen LogP contribution is -2.14. The number of para-hydroxylation sites is 2. The fourth-order valence-corrected chi connectivity index (χ4v) is 2.17. The molecule has 0 bridgehead atoms. The molecule has 0 aromatic heterocycles. The zero-order valence-electron chi connectivity index (χ0n) is 12.6. The third-order valence-corrected chi connectivity index (χ3v) is 3.21. The Hall–Kier alpha value is -2.49. The molecular formula is C17H20N2O2. The van der Waals surface area contributed by atoms with E-state index in [1.54, 1.807) is 7.11 Å². The normalized spacial score (nSPS) is 10.0. The Labute approximate surface area is 125 Å². The van der Waals surface area contributed by atoms with Crippen molar-refractivity contribution >= 4 is 17.3 Å². The lowest BCUT2D eigenvalue weighted by atomic mass is 10.1. The van der Waals surface area contributed by atoms with Gasteiger partial charge < -0.3 is 15.4 Å². The smallest absolute Gasteiger partial charge is 0.256 e. The van der Waals surface area contributed by atoms with Crippen LogP contribution < -0.4 is 15.4 Å². The second-order valence-corrected chi connectivity index (χ2v) is 4.71. The summed E-state index contributed by atoms with van der Waals surface area (Å²) in [5.41, 5.74) is 3.27. The highest BCUT2D eigenvalue weighted by Crippen LogP contribution is 2.24. The Morgan fingerprint density at radius 3 is 2.62 bits per heavy atom. The van der Waals surface area contributed by atoms with E-state index in [0.717, 1.165) is 17.8 Å². The number of nitrogens with one attached hydrogen (secondary N) is 2. The first-order valence-corrected chi connectivity index (χ1v) is 6.94. The third kappa shape index (κ3) is 3.54. The van der Waals surface area contributed by atoms with Crippen molar-refractivity contribution in [3.05, 3.63) is 53.6 Å². The number of methoxy groups -OCH3 is 1. The van der Waals surface area contributed by atoms with E-state index in [9.17, 15) is 4.79 Å². The quantitative estimate of drug-likeness (QED) is 0.880. The molecule has 0 atom stereocenters. The molecule has 4 heteroatoms. The van der Waals surface area contributed by atoms with Crippen molar-refractivity contribution in [1.29, 1.82) is 0 Å². The first kappa shape index (κ1) is 14.9. The monoisotopic (exact) mass is 284 g/mol. The molecule has 21 heavy (non-hydrogen) atoms.